The Balaban J connectivity index is 1.44. The topological polar surface area (TPSA) is 121 Å². The number of fused-ring (bicyclic) bond motifs is 2. The number of hydrogen-bond donors (Lipinski definition) is 3. The van der Waals surface area contributed by atoms with Crippen molar-refractivity contribution in [2.24, 2.45) is 5.41 Å². The van der Waals surface area contributed by atoms with Crippen LogP contribution in [0.5, 0.6) is 0 Å². The predicted molar refractivity (Wildman–Crippen MR) is 145 cm³/mol. The maximum Gasteiger partial charge on any atom is 0.184 e. The molecule has 0 unspecified atom stereocenters. The third kappa shape index (κ3) is 4.05. The number of rotatable bonds is 5. The van der Waals surface area contributed by atoms with E-state index in [1.54, 1.807) is 31.0 Å². The van der Waals surface area contributed by atoms with E-state index >= 15 is 4.39 Å². The Labute approximate surface area is 217 Å². The number of aromatic amines is 2. The molecule has 0 saturated heterocycles. The van der Waals surface area contributed by atoms with Crippen LogP contribution >= 0.6 is 0 Å². The standard InChI is InChI=1S/C28H24FN9/c1-15(28(2,3)4)34-18-10-17(12-31-13-18)20-14-33-25-21(22(20)29)24(37-38-25)27-35-23-19(7-9-32-26(23)36-27)16-6-5-8-30-11-16/h5-14,34H,1H2,2-4H3,(H,32,35,36)(H,33,37,38). The molecule has 0 spiro atoms. The molecule has 0 aromatic carbocycles. The molecule has 0 fully saturated rings. The Hall–Kier alpha value is -4.99. The van der Waals surface area contributed by atoms with Gasteiger partial charge in [0.2, 0.25) is 0 Å². The number of anilines is 1. The van der Waals surface area contributed by atoms with E-state index < -0.39 is 5.82 Å². The summed E-state index contributed by atoms with van der Waals surface area (Å²) in [5.41, 5.74) is 5.88. The van der Waals surface area contributed by atoms with E-state index in [0.717, 1.165) is 16.8 Å². The summed E-state index contributed by atoms with van der Waals surface area (Å²) in [5.74, 6) is -0.0764. The molecule has 0 amide bonds. The van der Waals surface area contributed by atoms with Crippen LogP contribution in [0.15, 0.2) is 73.7 Å². The normalized spacial score (nSPS) is 11.8. The van der Waals surface area contributed by atoms with Gasteiger partial charge in [0.15, 0.2) is 17.1 Å². The molecule has 9 nitrogen and oxygen atoms in total. The highest BCUT2D eigenvalue weighted by Gasteiger charge is 2.22. The van der Waals surface area contributed by atoms with Crippen molar-refractivity contribution in [1.82, 2.24) is 40.1 Å². The third-order valence-electron chi connectivity index (χ3n) is 6.37. The summed E-state index contributed by atoms with van der Waals surface area (Å²) in [7, 11) is 0. The van der Waals surface area contributed by atoms with Crippen LogP contribution in [0.4, 0.5) is 10.1 Å². The second-order valence-corrected chi connectivity index (χ2v) is 9.98. The average Bonchev–Trinajstić information content (AvgIpc) is 3.54. The van der Waals surface area contributed by atoms with Gasteiger partial charge in [-0.1, -0.05) is 33.4 Å². The summed E-state index contributed by atoms with van der Waals surface area (Å²) >= 11 is 0. The van der Waals surface area contributed by atoms with Gasteiger partial charge < -0.3 is 10.3 Å². The number of halogens is 1. The Morgan fingerprint density at radius 2 is 1.79 bits per heavy atom. The molecule has 188 valence electrons. The first kappa shape index (κ1) is 23.4. The largest absolute Gasteiger partial charge is 0.358 e. The molecule has 0 bridgehead atoms. The molecule has 0 saturated carbocycles. The van der Waals surface area contributed by atoms with Crippen molar-refractivity contribution in [2.75, 3.05) is 5.32 Å². The van der Waals surface area contributed by atoms with Crippen LogP contribution < -0.4 is 5.32 Å². The van der Waals surface area contributed by atoms with E-state index in [1.807, 2.05) is 24.3 Å². The minimum absolute atomic E-state index is 0.147. The van der Waals surface area contributed by atoms with Crippen molar-refractivity contribution in [1.29, 1.82) is 0 Å². The van der Waals surface area contributed by atoms with Gasteiger partial charge in [0.05, 0.1) is 22.8 Å². The van der Waals surface area contributed by atoms with Gasteiger partial charge in [0.25, 0.3) is 0 Å². The first-order valence-corrected chi connectivity index (χ1v) is 12.0. The molecule has 38 heavy (non-hydrogen) atoms. The number of nitrogens with zero attached hydrogens (tertiary/aromatic N) is 6. The third-order valence-corrected chi connectivity index (χ3v) is 6.37. The van der Waals surface area contributed by atoms with Crippen molar-refractivity contribution in [3.63, 3.8) is 0 Å². The molecule has 0 radical (unpaired) electrons. The smallest absolute Gasteiger partial charge is 0.184 e. The number of nitrogens with one attached hydrogen (secondary N) is 3. The second kappa shape index (κ2) is 8.84. The molecule has 10 heteroatoms. The van der Waals surface area contributed by atoms with Gasteiger partial charge in [0.1, 0.15) is 11.5 Å². The number of aromatic nitrogens is 8. The molecule has 6 aromatic heterocycles. The zero-order valence-electron chi connectivity index (χ0n) is 21.0. The van der Waals surface area contributed by atoms with Gasteiger partial charge in [-0.3, -0.25) is 15.1 Å². The van der Waals surface area contributed by atoms with Crippen LogP contribution in [0.2, 0.25) is 0 Å². The average molecular weight is 506 g/mol. The molecule has 6 aromatic rings. The van der Waals surface area contributed by atoms with Gasteiger partial charge in [0, 0.05) is 64.4 Å². The van der Waals surface area contributed by atoms with E-state index in [2.05, 4.69) is 72.8 Å². The highest BCUT2D eigenvalue weighted by atomic mass is 19.1. The van der Waals surface area contributed by atoms with Crippen LogP contribution in [-0.4, -0.2) is 40.1 Å². The number of allylic oxidation sites excluding steroid dienone is 1. The van der Waals surface area contributed by atoms with Crippen LogP contribution in [0.3, 0.4) is 0 Å². The van der Waals surface area contributed by atoms with Gasteiger partial charge in [-0.15, -0.1) is 0 Å². The van der Waals surface area contributed by atoms with Crippen molar-refractivity contribution in [2.45, 2.75) is 20.8 Å². The molecular formula is C28H24FN9. The quantitative estimate of drug-likeness (QED) is 0.258. The van der Waals surface area contributed by atoms with Crippen LogP contribution in [0, 0.1) is 11.2 Å². The van der Waals surface area contributed by atoms with Gasteiger partial charge >= 0.3 is 0 Å². The molecular weight excluding hydrogens is 481 g/mol. The Morgan fingerprint density at radius 1 is 0.947 bits per heavy atom. The summed E-state index contributed by atoms with van der Waals surface area (Å²) in [5, 5.41) is 10.6. The fourth-order valence-electron chi connectivity index (χ4n) is 4.13. The summed E-state index contributed by atoms with van der Waals surface area (Å²) in [6, 6.07) is 7.52. The van der Waals surface area contributed by atoms with E-state index in [0.29, 0.717) is 39.5 Å². The molecule has 0 aliphatic rings. The van der Waals surface area contributed by atoms with Crippen LogP contribution in [-0.2, 0) is 0 Å². The van der Waals surface area contributed by atoms with E-state index in [-0.39, 0.29) is 16.4 Å². The lowest BCUT2D eigenvalue weighted by Gasteiger charge is -2.23. The monoisotopic (exact) mass is 505 g/mol. The Kier molecular flexibility index (Phi) is 5.45. The van der Waals surface area contributed by atoms with Gasteiger partial charge in [-0.05, 0) is 18.2 Å². The minimum Gasteiger partial charge on any atom is -0.358 e. The maximum absolute atomic E-state index is 16.1. The van der Waals surface area contributed by atoms with Crippen LogP contribution in [0.25, 0.3) is 56.0 Å². The maximum atomic E-state index is 16.1. The Morgan fingerprint density at radius 3 is 2.58 bits per heavy atom. The molecule has 0 aliphatic heterocycles. The van der Waals surface area contributed by atoms with E-state index in [9.17, 15) is 0 Å². The first-order chi connectivity index (χ1) is 18.3. The fraction of sp³-hybridized carbons (Fsp3) is 0.143. The number of H-pyrrole nitrogens is 2. The number of hydrogen-bond acceptors (Lipinski definition) is 7. The second-order valence-electron chi connectivity index (χ2n) is 9.98. The summed E-state index contributed by atoms with van der Waals surface area (Å²) in [4.78, 5) is 25.2. The predicted octanol–water partition coefficient (Wildman–Crippen LogP) is 6.13. The lowest BCUT2D eigenvalue weighted by molar-refractivity contribution is 0.509. The van der Waals surface area contributed by atoms with Crippen molar-refractivity contribution < 1.29 is 4.39 Å². The molecule has 0 aliphatic carbocycles. The van der Waals surface area contributed by atoms with E-state index in [4.69, 9.17) is 0 Å². The summed E-state index contributed by atoms with van der Waals surface area (Å²) in [6.45, 7) is 10.3. The first-order valence-electron chi connectivity index (χ1n) is 12.0. The highest BCUT2D eigenvalue weighted by molar-refractivity contribution is 5.96. The minimum atomic E-state index is -0.478. The van der Waals surface area contributed by atoms with Gasteiger partial charge in [-0.25, -0.2) is 19.3 Å². The molecule has 6 rings (SSSR count). The lowest BCUT2D eigenvalue weighted by atomic mass is 9.93. The van der Waals surface area contributed by atoms with E-state index in [1.165, 1.54) is 6.20 Å². The van der Waals surface area contributed by atoms with Crippen molar-refractivity contribution >= 4 is 27.9 Å². The van der Waals surface area contributed by atoms with Gasteiger partial charge in [-0.2, -0.15) is 5.10 Å². The number of pyridine rings is 4. The molecule has 6 heterocycles. The van der Waals surface area contributed by atoms with Crippen molar-refractivity contribution in [3.8, 4) is 33.8 Å². The SMILES string of the molecule is C=C(Nc1cncc(-c2cnc3n[nH]c(-c4nc5nccc(-c6cccnc6)c5[nH]4)c3c2F)c1)C(C)(C)C. The Bertz CT molecular complexity index is 1810. The summed E-state index contributed by atoms with van der Waals surface area (Å²) in [6.07, 6.45) is 9.90. The zero-order valence-corrected chi connectivity index (χ0v) is 21.0. The summed E-state index contributed by atoms with van der Waals surface area (Å²) < 4.78 is 16.1. The molecule has 3 N–H and O–H groups in total. The van der Waals surface area contributed by atoms with Crippen molar-refractivity contribution in [3.05, 3.63) is 79.5 Å². The highest BCUT2D eigenvalue weighted by Crippen LogP contribution is 2.35. The fourth-order valence-corrected chi connectivity index (χ4v) is 4.13. The number of imidazole rings is 1. The lowest BCUT2D eigenvalue weighted by Crippen LogP contribution is -2.15. The van der Waals surface area contributed by atoms with Crippen LogP contribution in [0.1, 0.15) is 20.8 Å². The molecule has 0 atom stereocenters. The zero-order chi connectivity index (χ0) is 26.4.